The number of halogens is 3. The molecule has 2 rings (SSSR count). The van der Waals surface area contributed by atoms with E-state index in [4.69, 9.17) is 5.73 Å². The van der Waals surface area contributed by atoms with E-state index in [-0.39, 0.29) is 10.7 Å². The summed E-state index contributed by atoms with van der Waals surface area (Å²) >= 11 is 3.06. The van der Waals surface area contributed by atoms with E-state index in [1.54, 1.807) is 0 Å². The fraction of sp³-hybridized carbons (Fsp3) is 0. The molecule has 106 valence electrons. The van der Waals surface area contributed by atoms with Gasteiger partial charge >= 0.3 is 0 Å². The Balaban J connectivity index is 2.46. The van der Waals surface area contributed by atoms with Gasteiger partial charge in [-0.05, 0) is 34.1 Å². The lowest BCUT2D eigenvalue weighted by Crippen LogP contribution is -2.16. The summed E-state index contributed by atoms with van der Waals surface area (Å²) in [7, 11) is -4.18. The summed E-state index contributed by atoms with van der Waals surface area (Å²) in [4.78, 5) is 3.33. The van der Waals surface area contributed by atoms with E-state index in [2.05, 4.69) is 20.9 Å². The Hall–Kier alpha value is -1.74. The molecular weight excluding hydrogens is 356 g/mol. The van der Waals surface area contributed by atoms with Crippen molar-refractivity contribution < 1.29 is 17.2 Å². The smallest absolute Gasteiger partial charge is 0.265 e. The van der Waals surface area contributed by atoms with Crippen molar-refractivity contribution in [1.29, 1.82) is 0 Å². The highest BCUT2D eigenvalue weighted by Crippen LogP contribution is 2.24. The maximum absolute atomic E-state index is 13.4. The lowest BCUT2D eigenvalue weighted by molar-refractivity contribution is 0.594. The molecule has 3 N–H and O–H groups in total. The number of anilines is 2. The van der Waals surface area contributed by atoms with E-state index in [1.807, 2.05) is 4.72 Å². The number of nitrogens with two attached hydrogens (primary N) is 1. The van der Waals surface area contributed by atoms with E-state index in [0.29, 0.717) is 4.47 Å². The van der Waals surface area contributed by atoms with Gasteiger partial charge in [-0.1, -0.05) is 0 Å². The third-order valence-electron chi connectivity index (χ3n) is 2.31. The number of hydrogen-bond acceptors (Lipinski definition) is 4. The molecule has 5 nitrogen and oxygen atoms in total. The van der Waals surface area contributed by atoms with E-state index >= 15 is 0 Å². The summed E-state index contributed by atoms with van der Waals surface area (Å²) < 4.78 is 53.0. The predicted octanol–water partition coefficient (Wildman–Crippen LogP) is 2.51. The highest BCUT2D eigenvalue weighted by atomic mass is 79.9. The van der Waals surface area contributed by atoms with Crippen molar-refractivity contribution in [2.75, 3.05) is 10.5 Å². The number of pyridine rings is 1. The molecule has 0 aliphatic heterocycles. The minimum absolute atomic E-state index is 0.252. The van der Waals surface area contributed by atoms with Crippen LogP contribution in [-0.4, -0.2) is 13.4 Å². The van der Waals surface area contributed by atoms with Crippen LogP contribution in [-0.2, 0) is 10.0 Å². The zero-order chi connectivity index (χ0) is 14.9. The SMILES string of the molecule is Nc1ncc(Br)cc1S(=O)(=O)Nc1cc(F)ccc1F. The Morgan fingerprint density at radius 1 is 1.25 bits per heavy atom. The van der Waals surface area contributed by atoms with Crippen LogP contribution in [0.5, 0.6) is 0 Å². The van der Waals surface area contributed by atoms with Crippen LogP contribution in [0.15, 0.2) is 39.8 Å². The van der Waals surface area contributed by atoms with Gasteiger partial charge in [0.2, 0.25) is 0 Å². The standard InChI is InChI=1S/C11H8BrF2N3O2S/c12-6-3-10(11(15)16-5-6)20(18,19)17-9-4-7(13)1-2-8(9)14/h1-5,17H,(H2,15,16). The Morgan fingerprint density at radius 2 is 1.95 bits per heavy atom. The quantitative estimate of drug-likeness (QED) is 0.877. The molecule has 0 fully saturated rings. The highest BCUT2D eigenvalue weighted by Gasteiger charge is 2.20. The maximum atomic E-state index is 13.4. The lowest BCUT2D eigenvalue weighted by Gasteiger charge is -2.10. The molecule has 0 aliphatic carbocycles. The zero-order valence-corrected chi connectivity index (χ0v) is 12.2. The molecule has 9 heteroatoms. The van der Waals surface area contributed by atoms with Crippen molar-refractivity contribution in [3.8, 4) is 0 Å². The van der Waals surface area contributed by atoms with E-state index in [1.165, 1.54) is 12.3 Å². The average molecular weight is 364 g/mol. The van der Waals surface area contributed by atoms with Crippen LogP contribution in [0.2, 0.25) is 0 Å². The fourth-order valence-corrected chi connectivity index (χ4v) is 3.07. The molecule has 0 radical (unpaired) electrons. The van der Waals surface area contributed by atoms with Gasteiger partial charge < -0.3 is 5.73 Å². The zero-order valence-electron chi connectivity index (χ0n) is 9.77. The number of benzene rings is 1. The number of nitrogen functional groups attached to an aromatic ring is 1. The van der Waals surface area contributed by atoms with Gasteiger partial charge in [0.1, 0.15) is 22.3 Å². The van der Waals surface area contributed by atoms with Crippen LogP contribution >= 0.6 is 15.9 Å². The van der Waals surface area contributed by atoms with Gasteiger partial charge in [0.15, 0.2) is 0 Å². The van der Waals surface area contributed by atoms with Crippen LogP contribution in [0.1, 0.15) is 0 Å². The molecule has 0 atom stereocenters. The fourth-order valence-electron chi connectivity index (χ4n) is 1.42. The third-order valence-corrected chi connectivity index (χ3v) is 4.14. The van der Waals surface area contributed by atoms with Gasteiger partial charge in [-0.25, -0.2) is 22.2 Å². The van der Waals surface area contributed by atoms with Crippen LogP contribution in [0, 0.1) is 11.6 Å². The predicted molar refractivity (Wildman–Crippen MR) is 73.5 cm³/mol. The second-order valence-electron chi connectivity index (χ2n) is 3.77. The van der Waals surface area contributed by atoms with Gasteiger partial charge in [-0.15, -0.1) is 0 Å². The summed E-state index contributed by atoms with van der Waals surface area (Å²) in [5.74, 6) is -1.93. The molecule has 1 heterocycles. The average Bonchev–Trinajstić information content (AvgIpc) is 2.36. The van der Waals surface area contributed by atoms with Crippen LogP contribution in [0.3, 0.4) is 0 Å². The van der Waals surface area contributed by atoms with Crippen molar-refractivity contribution >= 4 is 37.5 Å². The summed E-state index contributed by atoms with van der Waals surface area (Å²) in [6.45, 7) is 0. The van der Waals surface area contributed by atoms with Gasteiger partial charge in [0, 0.05) is 16.7 Å². The monoisotopic (exact) mass is 363 g/mol. The minimum Gasteiger partial charge on any atom is -0.383 e. The number of nitrogens with one attached hydrogen (secondary N) is 1. The summed E-state index contributed by atoms with van der Waals surface area (Å²) in [5.41, 5.74) is 4.97. The molecule has 0 aliphatic rings. The number of hydrogen-bond donors (Lipinski definition) is 2. The van der Waals surface area contributed by atoms with Gasteiger partial charge in [-0.3, -0.25) is 4.72 Å². The summed E-state index contributed by atoms with van der Waals surface area (Å²) in [6.07, 6.45) is 1.32. The Labute approximate surface area is 122 Å². The topological polar surface area (TPSA) is 85.1 Å². The Kier molecular flexibility index (Phi) is 3.91. The minimum atomic E-state index is -4.18. The van der Waals surface area contributed by atoms with Crippen LogP contribution in [0.25, 0.3) is 0 Å². The number of sulfonamides is 1. The summed E-state index contributed by atoms with van der Waals surface area (Å²) in [6, 6.07) is 3.63. The molecule has 20 heavy (non-hydrogen) atoms. The van der Waals surface area contributed by atoms with Crippen LogP contribution < -0.4 is 10.5 Å². The van der Waals surface area contributed by atoms with Crippen molar-refractivity contribution in [3.63, 3.8) is 0 Å². The van der Waals surface area contributed by atoms with E-state index in [9.17, 15) is 17.2 Å². The first-order valence-corrected chi connectivity index (χ1v) is 7.46. The molecule has 0 amide bonds. The van der Waals surface area contributed by atoms with Crippen molar-refractivity contribution in [2.24, 2.45) is 0 Å². The third kappa shape index (κ3) is 3.05. The number of rotatable bonds is 3. The van der Waals surface area contributed by atoms with Crippen molar-refractivity contribution in [2.45, 2.75) is 4.90 Å². The van der Waals surface area contributed by atoms with Crippen molar-refractivity contribution in [3.05, 3.63) is 46.6 Å². The van der Waals surface area contributed by atoms with Gasteiger partial charge in [0.25, 0.3) is 10.0 Å². The Morgan fingerprint density at radius 3 is 2.65 bits per heavy atom. The number of aromatic nitrogens is 1. The van der Waals surface area contributed by atoms with E-state index in [0.717, 1.165) is 18.2 Å². The molecule has 0 saturated carbocycles. The first kappa shape index (κ1) is 14.7. The Bertz CT molecular complexity index is 768. The molecule has 0 saturated heterocycles. The first-order valence-electron chi connectivity index (χ1n) is 5.18. The maximum Gasteiger partial charge on any atom is 0.265 e. The molecular formula is C11H8BrF2N3O2S. The molecule has 1 aromatic heterocycles. The molecule has 0 bridgehead atoms. The largest absolute Gasteiger partial charge is 0.383 e. The van der Waals surface area contributed by atoms with Gasteiger partial charge in [-0.2, -0.15) is 0 Å². The van der Waals surface area contributed by atoms with Crippen molar-refractivity contribution in [1.82, 2.24) is 4.98 Å². The lowest BCUT2D eigenvalue weighted by atomic mass is 10.3. The molecule has 1 aromatic carbocycles. The highest BCUT2D eigenvalue weighted by molar-refractivity contribution is 9.10. The van der Waals surface area contributed by atoms with Gasteiger partial charge in [0.05, 0.1) is 5.69 Å². The molecule has 0 unspecified atom stereocenters. The first-order chi connectivity index (χ1) is 9.29. The second-order valence-corrected chi connectivity index (χ2v) is 6.33. The van der Waals surface area contributed by atoms with E-state index < -0.39 is 27.3 Å². The summed E-state index contributed by atoms with van der Waals surface area (Å²) in [5, 5.41) is 0. The van der Waals surface area contributed by atoms with Crippen LogP contribution in [0.4, 0.5) is 20.3 Å². The normalized spacial score (nSPS) is 11.3. The molecule has 2 aromatic rings. The number of nitrogens with zero attached hydrogens (tertiary/aromatic N) is 1. The second kappa shape index (κ2) is 5.33. The molecule has 0 spiro atoms.